The van der Waals surface area contributed by atoms with Gasteiger partial charge in [0.2, 0.25) is 0 Å². The largest absolute Gasteiger partial charge is 0.508 e. The topological polar surface area (TPSA) is 164 Å². The number of nitrogens with zero attached hydrogens (tertiary/aromatic N) is 2. The monoisotopic (exact) mass is 452 g/mol. The van der Waals surface area contributed by atoms with Crippen molar-refractivity contribution in [2.75, 3.05) is 6.54 Å². The van der Waals surface area contributed by atoms with Gasteiger partial charge in [-0.3, -0.25) is 19.4 Å². The van der Waals surface area contributed by atoms with E-state index in [2.05, 4.69) is 25.3 Å². The normalized spacial score (nSPS) is 22.7. The van der Waals surface area contributed by atoms with Gasteiger partial charge in [-0.2, -0.15) is 0 Å². The van der Waals surface area contributed by atoms with Crippen LogP contribution in [-0.4, -0.2) is 59.9 Å². The van der Waals surface area contributed by atoms with Gasteiger partial charge in [0, 0.05) is 24.9 Å². The molecule has 2 unspecified atom stereocenters. The molecule has 4 heterocycles. The summed E-state index contributed by atoms with van der Waals surface area (Å²) in [4.78, 5) is 63.3. The molecule has 0 aromatic carbocycles. The first-order valence-corrected chi connectivity index (χ1v) is 11.0. The third-order valence-electron chi connectivity index (χ3n) is 6.73. The molecule has 11 nitrogen and oxygen atoms in total. The molecular weight excluding hydrogens is 428 g/mol. The lowest BCUT2D eigenvalue weighted by molar-refractivity contribution is 0.0658. The zero-order valence-corrected chi connectivity index (χ0v) is 17.8. The van der Waals surface area contributed by atoms with Crippen LogP contribution in [0.2, 0.25) is 0 Å². The average Bonchev–Trinajstić information content (AvgIpc) is 3.24. The van der Waals surface area contributed by atoms with Crippen LogP contribution in [-0.2, 0) is 0 Å². The summed E-state index contributed by atoms with van der Waals surface area (Å²) < 4.78 is 0. The highest BCUT2D eigenvalue weighted by atomic mass is 16.3. The van der Waals surface area contributed by atoms with Crippen LogP contribution in [0.3, 0.4) is 0 Å². The molecule has 1 aliphatic heterocycles. The van der Waals surface area contributed by atoms with E-state index in [1.165, 1.54) is 12.3 Å². The highest BCUT2D eigenvalue weighted by Crippen LogP contribution is 2.40. The lowest BCUT2D eigenvalue weighted by Crippen LogP contribution is -2.57. The Morgan fingerprint density at radius 2 is 1.94 bits per heavy atom. The zero-order chi connectivity index (χ0) is 23.2. The van der Waals surface area contributed by atoms with E-state index in [-0.39, 0.29) is 23.4 Å². The molecule has 3 aromatic rings. The van der Waals surface area contributed by atoms with Crippen molar-refractivity contribution in [3.63, 3.8) is 0 Å². The molecule has 2 aliphatic rings. The van der Waals surface area contributed by atoms with Crippen molar-refractivity contribution in [2.45, 2.75) is 50.1 Å². The second kappa shape index (κ2) is 7.91. The van der Waals surface area contributed by atoms with Gasteiger partial charge in [-0.1, -0.05) is 19.3 Å². The Morgan fingerprint density at radius 1 is 1.09 bits per heavy atom. The Balaban J connectivity index is 1.44. The van der Waals surface area contributed by atoms with Crippen molar-refractivity contribution in [1.82, 2.24) is 30.2 Å². The summed E-state index contributed by atoms with van der Waals surface area (Å²) in [5.41, 5.74) is -0.407. The van der Waals surface area contributed by atoms with Gasteiger partial charge in [0.05, 0.1) is 22.7 Å². The molecule has 2 fully saturated rings. The number of hydrogen-bond donors (Lipinski definition) is 5. The number of H-pyrrole nitrogens is 3. The van der Waals surface area contributed by atoms with Gasteiger partial charge in [0.1, 0.15) is 11.4 Å². The number of fused-ring (bicyclic) bond motifs is 2. The van der Waals surface area contributed by atoms with Crippen LogP contribution >= 0.6 is 0 Å². The minimum atomic E-state index is -0.633. The second-order valence-corrected chi connectivity index (χ2v) is 8.79. The quantitative estimate of drug-likeness (QED) is 0.398. The van der Waals surface area contributed by atoms with E-state index in [0.29, 0.717) is 36.1 Å². The fourth-order valence-corrected chi connectivity index (χ4v) is 5.22. The van der Waals surface area contributed by atoms with Crippen molar-refractivity contribution < 1.29 is 14.7 Å². The third kappa shape index (κ3) is 3.79. The predicted molar refractivity (Wildman–Crippen MR) is 118 cm³/mol. The maximum Gasteiger partial charge on any atom is 0.325 e. The standard InChI is InChI=1S/C22H24N6O5/c29-13-9-15(24-17(30)10-13)19(31)27-22-5-3-1-2-4-16(22)28(7-6-22)20(32)12-8-14-18(23-11-12)26-21(33)25-14/h8-11,16H,1-7H2,(H,27,31)(H2,24,29,30)(H2,23,25,26,33). The molecule has 5 N–H and O–H groups in total. The lowest BCUT2D eigenvalue weighted by Gasteiger charge is -2.37. The van der Waals surface area contributed by atoms with Gasteiger partial charge in [-0.25, -0.2) is 9.78 Å². The SMILES string of the molecule is O=C(NC12CCCCCC1N(C(=O)c1cnc3[nH]c(=O)[nH]c3c1)CC2)c1cc(O)cc(=O)[nH]1. The molecule has 33 heavy (non-hydrogen) atoms. The Morgan fingerprint density at radius 3 is 2.76 bits per heavy atom. The van der Waals surface area contributed by atoms with E-state index in [1.54, 1.807) is 11.0 Å². The molecule has 2 amide bonds. The van der Waals surface area contributed by atoms with Crippen LogP contribution in [0.5, 0.6) is 5.75 Å². The number of imidazole rings is 1. The molecule has 172 valence electrons. The van der Waals surface area contributed by atoms with E-state index in [4.69, 9.17) is 0 Å². The van der Waals surface area contributed by atoms with Crippen LogP contribution in [0, 0.1) is 0 Å². The summed E-state index contributed by atoms with van der Waals surface area (Å²) in [6, 6.07) is 3.61. The molecule has 5 rings (SSSR count). The van der Waals surface area contributed by atoms with Crippen molar-refractivity contribution >= 4 is 23.0 Å². The summed E-state index contributed by atoms with van der Waals surface area (Å²) in [6.45, 7) is 0.460. The fourth-order valence-electron chi connectivity index (χ4n) is 5.22. The van der Waals surface area contributed by atoms with Gasteiger partial charge in [-0.15, -0.1) is 0 Å². The van der Waals surface area contributed by atoms with E-state index < -0.39 is 22.7 Å². The maximum absolute atomic E-state index is 13.4. The average molecular weight is 452 g/mol. The Kier molecular flexibility index (Phi) is 5.03. The molecule has 1 aliphatic carbocycles. The van der Waals surface area contributed by atoms with Crippen molar-refractivity contribution in [2.24, 2.45) is 0 Å². The number of pyridine rings is 2. The minimum Gasteiger partial charge on any atom is -0.508 e. The smallest absolute Gasteiger partial charge is 0.325 e. The number of carbonyl (C=O) groups is 2. The Labute approximate surface area is 187 Å². The minimum absolute atomic E-state index is 0.0202. The molecule has 0 bridgehead atoms. The van der Waals surface area contributed by atoms with Crippen LogP contribution in [0.1, 0.15) is 59.4 Å². The number of likely N-dealkylation sites (tertiary alicyclic amines) is 1. The zero-order valence-electron chi connectivity index (χ0n) is 17.8. The van der Waals surface area contributed by atoms with Gasteiger partial charge in [0.25, 0.3) is 17.4 Å². The lowest BCUT2D eigenvalue weighted by atomic mass is 9.85. The second-order valence-electron chi connectivity index (χ2n) is 8.79. The predicted octanol–water partition coefficient (Wildman–Crippen LogP) is 0.992. The number of carbonyl (C=O) groups excluding carboxylic acids is 2. The number of aromatic hydroxyl groups is 1. The van der Waals surface area contributed by atoms with E-state index in [0.717, 1.165) is 31.7 Å². The molecule has 0 spiro atoms. The molecule has 11 heteroatoms. The number of aromatic amines is 3. The Hall–Kier alpha value is -3.89. The molecule has 0 radical (unpaired) electrons. The fraction of sp³-hybridized carbons (Fsp3) is 0.409. The van der Waals surface area contributed by atoms with Crippen LogP contribution in [0.4, 0.5) is 0 Å². The highest BCUT2D eigenvalue weighted by molar-refractivity contribution is 5.97. The summed E-state index contributed by atoms with van der Waals surface area (Å²) in [7, 11) is 0. The highest BCUT2D eigenvalue weighted by Gasteiger charge is 2.50. The molecule has 2 atom stereocenters. The van der Waals surface area contributed by atoms with Crippen LogP contribution in [0.25, 0.3) is 11.2 Å². The molecule has 1 saturated heterocycles. The summed E-state index contributed by atoms with van der Waals surface area (Å²) >= 11 is 0. The van der Waals surface area contributed by atoms with Gasteiger partial charge in [0.15, 0.2) is 5.65 Å². The number of amides is 2. The van der Waals surface area contributed by atoms with E-state index >= 15 is 0 Å². The van der Waals surface area contributed by atoms with Gasteiger partial charge >= 0.3 is 5.69 Å². The number of hydrogen-bond acceptors (Lipinski definition) is 6. The first kappa shape index (κ1) is 21.0. The first-order valence-electron chi connectivity index (χ1n) is 11.0. The third-order valence-corrected chi connectivity index (χ3v) is 6.73. The first-order chi connectivity index (χ1) is 15.8. The summed E-state index contributed by atoms with van der Waals surface area (Å²) in [5.74, 6) is -0.981. The van der Waals surface area contributed by atoms with Crippen molar-refractivity contribution in [1.29, 1.82) is 0 Å². The number of nitrogens with one attached hydrogen (secondary N) is 4. The molecule has 3 aromatic heterocycles. The number of aromatic nitrogens is 4. The van der Waals surface area contributed by atoms with Gasteiger partial charge in [-0.05, 0) is 25.3 Å². The van der Waals surface area contributed by atoms with Crippen molar-refractivity contribution in [3.8, 4) is 5.75 Å². The van der Waals surface area contributed by atoms with E-state index in [9.17, 15) is 24.3 Å². The van der Waals surface area contributed by atoms with E-state index in [1.807, 2.05) is 0 Å². The summed E-state index contributed by atoms with van der Waals surface area (Å²) in [6.07, 6.45) is 6.30. The van der Waals surface area contributed by atoms with Crippen molar-refractivity contribution in [3.05, 3.63) is 56.5 Å². The van der Waals surface area contributed by atoms with Crippen LogP contribution in [0.15, 0.2) is 34.0 Å². The Bertz CT molecular complexity index is 1360. The number of rotatable bonds is 3. The summed E-state index contributed by atoms with van der Waals surface area (Å²) in [5, 5.41) is 12.8. The van der Waals surface area contributed by atoms with Gasteiger partial charge < -0.3 is 25.3 Å². The molecule has 1 saturated carbocycles. The van der Waals surface area contributed by atoms with Crippen LogP contribution < -0.4 is 16.6 Å². The maximum atomic E-state index is 13.4. The molecular formula is C22H24N6O5.